The molecule has 142 valence electrons. The van der Waals surface area contributed by atoms with Crippen molar-refractivity contribution >= 4 is 5.91 Å². The zero-order valence-electron chi connectivity index (χ0n) is 15.1. The summed E-state index contributed by atoms with van der Waals surface area (Å²) in [6, 6.07) is 2.16. The van der Waals surface area contributed by atoms with Crippen LogP contribution in [-0.2, 0) is 6.18 Å². The normalized spacial score (nSPS) is 12.5. The lowest BCUT2D eigenvalue weighted by molar-refractivity contribution is -0.137. The predicted molar refractivity (Wildman–Crippen MR) is 91.0 cm³/mol. The molecule has 26 heavy (non-hydrogen) atoms. The van der Waals surface area contributed by atoms with E-state index in [1.807, 2.05) is 13.8 Å². The lowest BCUT2D eigenvalue weighted by Crippen LogP contribution is -2.45. The molecule has 0 radical (unpaired) electrons. The Morgan fingerprint density at radius 3 is 2.38 bits per heavy atom. The SMILES string of the molecule is CC(C)c1c(C(=O)NCC(C)(C)N)cnn1-c1ccc(C(F)(F)F)cn1. The summed E-state index contributed by atoms with van der Waals surface area (Å²) in [5.74, 6) is -0.237. The van der Waals surface area contributed by atoms with Crippen LogP contribution in [0.15, 0.2) is 24.5 Å². The van der Waals surface area contributed by atoms with E-state index < -0.39 is 17.3 Å². The summed E-state index contributed by atoms with van der Waals surface area (Å²) in [4.78, 5) is 16.3. The van der Waals surface area contributed by atoms with Crippen molar-refractivity contribution in [1.29, 1.82) is 0 Å². The maximum atomic E-state index is 12.7. The number of amides is 1. The number of hydrogen-bond donors (Lipinski definition) is 2. The van der Waals surface area contributed by atoms with Crippen molar-refractivity contribution in [3.8, 4) is 5.82 Å². The van der Waals surface area contributed by atoms with Crippen LogP contribution in [0.3, 0.4) is 0 Å². The van der Waals surface area contributed by atoms with Gasteiger partial charge in [-0.05, 0) is 31.9 Å². The van der Waals surface area contributed by atoms with E-state index in [2.05, 4.69) is 15.4 Å². The first-order valence-electron chi connectivity index (χ1n) is 8.09. The Hall–Kier alpha value is -2.42. The molecule has 2 heterocycles. The number of nitrogens with zero attached hydrogens (tertiary/aromatic N) is 3. The van der Waals surface area contributed by atoms with E-state index in [1.54, 1.807) is 13.8 Å². The van der Waals surface area contributed by atoms with Gasteiger partial charge in [0, 0.05) is 18.3 Å². The molecule has 1 amide bonds. The third kappa shape index (κ3) is 4.60. The highest BCUT2D eigenvalue weighted by atomic mass is 19.4. The largest absolute Gasteiger partial charge is 0.417 e. The Bertz CT molecular complexity index is 773. The van der Waals surface area contributed by atoms with Gasteiger partial charge >= 0.3 is 6.18 Å². The van der Waals surface area contributed by atoms with E-state index in [9.17, 15) is 18.0 Å². The molecule has 9 heteroatoms. The highest BCUT2D eigenvalue weighted by Crippen LogP contribution is 2.29. The fourth-order valence-corrected chi connectivity index (χ4v) is 2.35. The monoisotopic (exact) mass is 369 g/mol. The van der Waals surface area contributed by atoms with E-state index in [4.69, 9.17) is 5.73 Å². The van der Waals surface area contributed by atoms with E-state index >= 15 is 0 Å². The van der Waals surface area contributed by atoms with Gasteiger partial charge in [0.05, 0.1) is 23.0 Å². The molecule has 3 N–H and O–H groups in total. The molecule has 0 saturated heterocycles. The van der Waals surface area contributed by atoms with Crippen molar-refractivity contribution in [2.75, 3.05) is 6.54 Å². The molecule has 0 spiro atoms. The van der Waals surface area contributed by atoms with Crippen LogP contribution in [0.1, 0.15) is 55.2 Å². The quantitative estimate of drug-likeness (QED) is 0.849. The average Bonchev–Trinajstić information content (AvgIpc) is 2.96. The first-order chi connectivity index (χ1) is 11.9. The highest BCUT2D eigenvalue weighted by Gasteiger charge is 2.31. The number of rotatable bonds is 5. The van der Waals surface area contributed by atoms with Gasteiger partial charge in [-0.15, -0.1) is 0 Å². The number of hydrogen-bond acceptors (Lipinski definition) is 4. The number of aromatic nitrogens is 3. The minimum absolute atomic E-state index is 0.103. The second-order valence-corrected chi connectivity index (χ2v) is 7.08. The summed E-state index contributed by atoms with van der Waals surface area (Å²) < 4.78 is 39.5. The van der Waals surface area contributed by atoms with E-state index in [0.29, 0.717) is 11.3 Å². The van der Waals surface area contributed by atoms with Crippen molar-refractivity contribution < 1.29 is 18.0 Å². The van der Waals surface area contributed by atoms with Crippen LogP contribution < -0.4 is 11.1 Å². The van der Waals surface area contributed by atoms with Gasteiger partial charge in [-0.2, -0.15) is 18.3 Å². The van der Waals surface area contributed by atoms with Crippen molar-refractivity contribution in [1.82, 2.24) is 20.1 Å². The number of nitrogens with two attached hydrogens (primary N) is 1. The van der Waals surface area contributed by atoms with Crippen LogP contribution in [0.4, 0.5) is 13.2 Å². The van der Waals surface area contributed by atoms with Crippen LogP contribution in [0.25, 0.3) is 5.82 Å². The minimum atomic E-state index is -4.46. The van der Waals surface area contributed by atoms with Gasteiger partial charge in [0.2, 0.25) is 0 Å². The standard InChI is InChI=1S/C17H22F3N5O/c1-10(2)14-12(15(26)23-9-16(3,4)21)8-24-25(14)13-6-5-11(7-22-13)17(18,19)20/h5-8,10H,9,21H2,1-4H3,(H,23,26). The summed E-state index contributed by atoms with van der Waals surface area (Å²) in [5, 5.41) is 6.89. The second kappa shape index (κ2) is 7.06. The molecule has 2 aromatic heterocycles. The van der Waals surface area contributed by atoms with Crippen LogP contribution in [-0.4, -0.2) is 32.8 Å². The topological polar surface area (TPSA) is 85.8 Å². The molecule has 0 aliphatic rings. The maximum absolute atomic E-state index is 12.7. The molecule has 0 aliphatic carbocycles. The van der Waals surface area contributed by atoms with Crippen LogP contribution in [0.2, 0.25) is 0 Å². The summed E-state index contributed by atoms with van der Waals surface area (Å²) in [6.45, 7) is 7.56. The molecular formula is C17H22F3N5O. The van der Waals surface area contributed by atoms with Crippen molar-refractivity contribution in [3.05, 3.63) is 41.3 Å². The van der Waals surface area contributed by atoms with Gasteiger partial charge in [0.25, 0.3) is 5.91 Å². The molecular weight excluding hydrogens is 347 g/mol. The van der Waals surface area contributed by atoms with Crippen LogP contribution >= 0.6 is 0 Å². The van der Waals surface area contributed by atoms with Gasteiger partial charge in [-0.1, -0.05) is 13.8 Å². The third-order valence-electron chi connectivity index (χ3n) is 3.59. The first kappa shape index (κ1) is 19.9. The predicted octanol–water partition coefficient (Wildman–Crippen LogP) is 2.88. The Morgan fingerprint density at radius 1 is 1.27 bits per heavy atom. The number of carbonyl (C=O) groups excluding carboxylic acids is 1. The fraction of sp³-hybridized carbons (Fsp3) is 0.471. The van der Waals surface area contributed by atoms with Gasteiger partial charge in [0.1, 0.15) is 0 Å². The number of halogens is 3. The average molecular weight is 369 g/mol. The van der Waals surface area contributed by atoms with E-state index in [0.717, 1.165) is 12.3 Å². The molecule has 6 nitrogen and oxygen atoms in total. The van der Waals surface area contributed by atoms with Gasteiger partial charge in [-0.3, -0.25) is 4.79 Å². The molecule has 2 rings (SSSR count). The van der Waals surface area contributed by atoms with Crippen LogP contribution in [0.5, 0.6) is 0 Å². The molecule has 0 aromatic carbocycles. The van der Waals surface area contributed by atoms with Crippen molar-refractivity contribution in [2.24, 2.45) is 5.73 Å². The maximum Gasteiger partial charge on any atom is 0.417 e. The number of alkyl halides is 3. The molecule has 0 aliphatic heterocycles. The van der Waals surface area contributed by atoms with Gasteiger partial charge in [-0.25, -0.2) is 9.67 Å². The smallest absolute Gasteiger partial charge is 0.350 e. The van der Waals surface area contributed by atoms with Crippen LogP contribution in [0, 0.1) is 0 Å². The molecule has 0 fully saturated rings. The molecule has 0 atom stereocenters. The fourth-order valence-electron chi connectivity index (χ4n) is 2.35. The zero-order valence-corrected chi connectivity index (χ0v) is 15.1. The lowest BCUT2D eigenvalue weighted by Gasteiger charge is -2.19. The van der Waals surface area contributed by atoms with E-state index in [1.165, 1.54) is 16.9 Å². The Balaban J connectivity index is 2.36. The Labute approximate surface area is 149 Å². The zero-order chi connectivity index (χ0) is 19.7. The Kier molecular flexibility index (Phi) is 5.41. The molecule has 0 bridgehead atoms. The minimum Gasteiger partial charge on any atom is -0.350 e. The van der Waals surface area contributed by atoms with Crippen molar-refractivity contribution in [3.63, 3.8) is 0 Å². The lowest BCUT2D eigenvalue weighted by atomic mass is 10.0. The summed E-state index contributed by atoms with van der Waals surface area (Å²) in [6.07, 6.45) is -2.33. The van der Waals surface area contributed by atoms with Gasteiger partial charge in [0.15, 0.2) is 5.82 Å². The summed E-state index contributed by atoms with van der Waals surface area (Å²) in [7, 11) is 0. The van der Waals surface area contributed by atoms with Gasteiger partial charge < -0.3 is 11.1 Å². The number of pyridine rings is 1. The summed E-state index contributed by atoms with van der Waals surface area (Å²) >= 11 is 0. The van der Waals surface area contributed by atoms with Crippen molar-refractivity contribution in [2.45, 2.75) is 45.3 Å². The third-order valence-corrected chi connectivity index (χ3v) is 3.59. The molecule has 0 unspecified atom stereocenters. The molecule has 0 saturated carbocycles. The number of nitrogens with one attached hydrogen (secondary N) is 1. The highest BCUT2D eigenvalue weighted by molar-refractivity contribution is 5.95. The number of carbonyl (C=O) groups is 1. The molecule has 2 aromatic rings. The second-order valence-electron chi connectivity index (χ2n) is 7.08. The first-order valence-corrected chi connectivity index (χ1v) is 8.09. The van der Waals surface area contributed by atoms with E-state index in [-0.39, 0.29) is 24.2 Å². The Morgan fingerprint density at radius 2 is 1.92 bits per heavy atom. The summed E-state index contributed by atoms with van der Waals surface area (Å²) in [5.41, 5.74) is 5.35.